The van der Waals surface area contributed by atoms with Gasteiger partial charge in [0.05, 0.1) is 7.11 Å². The van der Waals surface area contributed by atoms with Crippen molar-refractivity contribution in [3.05, 3.63) is 53.6 Å². The third-order valence-corrected chi connectivity index (χ3v) is 6.70. The van der Waals surface area contributed by atoms with Gasteiger partial charge < -0.3 is 14.5 Å². The average molecular weight is 432 g/mol. The van der Waals surface area contributed by atoms with Crippen molar-refractivity contribution < 1.29 is 17.9 Å². The van der Waals surface area contributed by atoms with Crippen molar-refractivity contribution in [2.45, 2.75) is 31.7 Å². The summed E-state index contributed by atoms with van der Waals surface area (Å²) >= 11 is 0. The minimum Gasteiger partial charge on any atom is -0.495 e. The van der Waals surface area contributed by atoms with Crippen molar-refractivity contribution in [2.24, 2.45) is 0 Å². The highest BCUT2D eigenvalue weighted by atomic mass is 32.2. The smallest absolute Gasteiger partial charge is 0.254 e. The molecule has 7 nitrogen and oxygen atoms in total. The molecule has 1 heterocycles. The Bertz CT molecular complexity index is 1010. The van der Waals surface area contributed by atoms with Gasteiger partial charge in [0.15, 0.2) is 0 Å². The zero-order valence-corrected chi connectivity index (χ0v) is 18.7. The van der Waals surface area contributed by atoms with E-state index in [1.165, 1.54) is 24.8 Å². The lowest BCUT2D eigenvalue weighted by atomic mass is 10.1. The SMILES string of the molecule is COc1ccc(C(=O)N2CCN(c3cccc(C)c3)CC2)cc1S(=O)(=O)NC(C)C. The van der Waals surface area contributed by atoms with Crippen molar-refractivity contribution in [2.75, 3.05) is 38.2 Å². The van der Waals surface area contributed by atoms with Gasteiger partial charge in [0.1, 0.15) is 10.6 Å². The number of anilines is 1. The number of rotatable bonds is 6. The van der Waals surface area contributed by atoms with Crippen LogP contribution < -0.4 is 14.4 Å². The summed E-state index contributed by atoms with van der Waals surface area (Å²) in [6.07, 6.45) is 0. The van der Waals surface area contributed by atoms with Crippen LogP contribution in [0.2, 0.25) is 0 Å². The molecule has 3 rings (SSSR count). The summed E-state index contributed by atoms with van der Waals surface area (Å²) in [4.78, 5) is 17.0. The Balaban J connectivity index is 1.77. The van der Waals surface area contributed by atoms with Crippen molar-refractivity contribution in [3.8, 4) is 5.75 Å². The summed E-state index contributed by atoms with van der Waals surface area (Å²) < 4.78 is 33.1. The molecule has 0 bridgehead atoms. The Labute approximate surface area is 178 Å². The lowest BCUT2D eigenvalue weighted by Crippen LogP contribution is -2.48. The second kappa shape index (κ2) is 9.06. The first-order chi connectivity index (χ1) is 14.2. The van der Waals surface area contributed by atoms with E-state index >= 15 is 0 Å². The normalized spacial score (nSPS) is 14.8. The molecule has 1 fully saturated rings. The third-order valence-electron chi connectivity index (χ3n) is 5.02. The van der Waals surface area contributed by atoms with E-state index in [0.717, 1.165) is 18.8 Å². The van der Waals surface area contributed by atoms with Crippen LogP contribution in [0.15, 0.2) is 47.4 Å². The highest BCUT2D eigenvalue weighted by molar-refractivity contribution is 7.89. The molecule has 162 valence electrons. The van der Waals surface area contributed by atoms with Crippen LogP contribution >= 0.6 is 0 Å². The number of aryl methyl sites for hydroxylation is 1. The Morgan fingerprint density at radius 3 is 2.37 bits per heavy atom. The molecule has 2 aromatic rings. The number of hydrogen-bond acceptors (Lipinski definition) is 5. The Hall–Kier alpha value is -2.58. The fourth-order valence-electron chi connectivity index (χ4n) is 3.57. The Kier molecular flexibility index (Phi) is 6.67. The standard InChI is InChI=1S/C22H29N3O4S/c1-16(2)23-30(27,28)21-15-18(8-9-20(21)29-4)22(26)25-12-10-24(11-13-25)19-7-5-6-17(3)14-19/h5-9,14-16,23H,10-13H2,1-4H3. The highest BCUT2D eigenvalue weighted by Gasteiger charge is 2.26. The number of hydrogen-bond donors (Lipinski definition) is 1. The largest absolute Gasteiger partial charge is 0.495 e. The van der Waals surface area contributed by atoms with Gasteiger partial charge in [0, 0.05) is 43.5 Å². The van der Waals surface area contributed by atoms with Gasteiger partial charge in [-0.2, -0.15) is 0 Å². The number of methoxy groups -OCH3 is 1. The maximum absolute atomic E-state index is 13.0. The lowest BCUT2D eigenvalue weighted by Gasteiger charge is -2.36. The molecule has 30 heavy (non-hydrogen) atoms. The van der Waals surface area contributed by atoms with Crippen LogP contribution in [-0.4, -0.2) is 58.6 Å². The monoisotopic (exact) mass is 431 g/mol. The van der Waals surface area contributed by atoms with Crippen LogP contribution in [0, 0.1) is 6.92 Å². The van der Waals surface area contributed by atoms with Crippen molar-refractivity contribution >= 4 is 21.6 Å². The van der Waals surface area contributed by atoms with Crippen LogP contribution in [0.4, 0.5) is 5.69 Å². The molecule has 0 aliphatic carbocycles. The molecule has 1 amide bonds. The lowest BCUT2D eigenvalue weighted by molar-refractivity contribution is 0.0746. The summed E-state index contributed by atoms with van der Waals surface area (Å²) in [7, 11) is -2.38. The molecular formula is C22H29N3O4S. The van der Waals surface area contributed by atoms with E-state index < -0.39 is 10.0 Å². The van der Waals surface area contributed by atoms with E-state index in [9.17, 15) is 13.2 Å². The number of nitrogens with one attached hydrogen (secondary N) is 1. The van der Waals surface area contributed by atoms with Crippen molar-refractivity contribution in [1.29, 1.82) is 0 Å². The second-order valence-corrected chi connectivity index (χ2v) is 9.44. The van der Waals surface area contributed by atoms with E-state index in [1.54, 1.807) is 24.8 Å². The first kappa shape index (κ1) is 22.1. The number of benzene rings is 2. The maximum Gasteiger partial charge on any atom is 0.254 e. The van der Waals surface area contributed by atoms with Gasteiger partial charge >= 0.3 is 0 Å². The third kappa shape index (κ3) is 4.94. The fraction of sp³-hybridized carbons (Fsp3) is 0.409. The van der Waals surface area contributed by atoms with Crippen molar-refractivity contribution in [1.82, 2.24) is 9.62 Å². The zero-order valence-electron chi connectivity index (χ0n) is 17.9. The first-order valence-corrected chi connectivity index (χ1v) is 11.5. The van der Waals surface area contributed by atoms with Crippen LogP contribution in [0.25, 0.3) is 0 Å². The van der Waals surface area contributed by atoms with Gasteiger partial charge in [0.2, 0.25) is 10.0 Å². The van der Waals surface area contributed by atoms with Crippen LogP contribution in [0.5, 0.6) is 5.75 Å². The van der Waals surface area contributed by atoms with Gasteiger partial charge in [-0.25, -0.2) is 13.1 Å². The molecule has 1 saturated heterocycles. The van der Waals surface area contributed by atoms with Crippen LogP contribution in [0.1, 0.15) is 29.8 Å². The van der Waals surface area contributed by atoms with Gasteiger partial charge in [-0.3, -0.25) is 4.79 Å². The van der Waals surface area contributed by atoms with E-state index in [0.29, 0.717) is 18.7 Å². The molecular weight excluding hydrogens is 402 g/mol. The molecule has 0 radical (unpaired) electrons. The van der Waals surface area contributed by atoms with Crippen LogP contribution in [-0.2, 0) is 10.0 Å². The molecule has 0 saturated carbocycles. The van der Waals surface area contributed by atoms with Crippen molar-refractivity contribution in [3.63, 3.8) is 0 Å². The van der Waals surface area contributed by atoms with E-state index in [4.69, 9.17) is 4.74 Å². The van der Waals surface area contributed by atoms with Gasteiger partial charge in [0.25, 0.3) is 5.91 Å². The summed E-state index contributed by atoms with van der Waals surface area (Å²) in [6, 6.07) is 12.6. The molecule has 1 aliphatic heterocycles. The first-order valence-electron chi connectivity index (χ1n) is 10.0. The quantitative estimate of drug-likeness (QED) is 0.761. The number of carbonyl (C=O) groups excluding carboxylic acids is 1. The molecule has 1 aliphatic rings. The van der Waals surface area contributed by atoms with Crippen LogP contribution in [0.3, 0.4) is 0 Å². The Morgan fingerprint density at radius 2 is 1.77 bits per heavy atom. The highest BCUT2D eigenvalue weighted by Crippen LogP contribution is 2.26. The second-order valence-electron chi connectivity index (χ2n) is 7.76. The van der Waals surface area contributed by atoms with Gasteiger partial charge in [-0.1, -0.05) is 12.1 Å². The fourth-order valence-corrected chi connectivity index (χ4v) is 5.01. The zero-order chi connectivity index (χ0) is 21.9. The van der Waals surface area contributed by atoms with E-state index in [1.807, 2.05) is 6.07 Å². The molecule has 2 aromatic carbocycles. The Morgan fingerprint density at radius 1 is 1.07 bits per heavy atom. The average Bonchev–Trinajstić information content (AvgIpc) is 2.72. The number of nitrogens with zero attached hydrogens (tertiary/aromatic N) is 2. The minimum absolute atomic E-state index is 0.0250. The minimum atomic E-state index is -3.79. The van der Waals surface area contributed by atoms with Gasteiger partial charge in [-0.05, 0) is 56.7 Å². The predicted octanol–water partition coefficient (Wildman–Crippen LogP) is 2.65. The predicted molar refractivity (Wildman–Crippen MR) is 118 cm³/mol. The number of piperazine rings is 1. The molecule has 0 aromatic heterocycles. The van der Waals surface area contributed by atoms with Gasteiger partial charge in [-0.15, -0.1) is 0 Å². The molecule has 1 N–H and O–H groups in total. The summed E-state index contributed by atoms with van der Waals surface area (Å²) in [5.41, 5.74) is 2.69. The van der Waals surface area contributed by atoms with E-state index in [2.05, 4.69) is 34.7 Å². The summed E-state index contributed by atoms with van der Waals surface area (Å²) in [6.45, 7) is 8.15. The number of amides is 1. The molecule has 0 spiro atoms. The molecule has 8 heteroatoms. The molecule has 0 atom stereocenters. The number of ether oxygens (including phenoxy) is 1. The summed E-state index contributed by atoms with van der Waals surface area (Å²) in [5.74, 6) is 0.0338. The number of carbonyl (C=O) groups is 1. The molecule has 0 unspecified atom stereocenters. The summed E-state index contributed by atoms with van der Waals surface area (Å²) in [5, 5.41) is 0. The topological polar surface area (TPSA) is 79.0 Å². The number of sulfonamides is 1. The maximum atomic E-state index is 13.0. The van der Waals surface area contributed by atoms with E-state index in [-0.39, 0.29) is 22.6 Å².